The van der Waals surface area contributed by atoms with Crippen molar-refractivity contribution in [3.63, 3.8) is 0 Å². The second-order valence-electron chi connectivity index (χ2n) is 6.90. The van der Waals surface area contributed by atoms with Crippen molar-refractivity contribution in [2.75, 3.05) is 32.2 Å². The standard InChI is InChI=1S/C22H26N2O4/c1-16-15-28-13-12-24(16)22(26)18-7-9-19(10-8-18)23-21(25)11-6-17-4-3-5-20(14-17)27-2/h3-5,7-10,14,16H,6,11-13,15H2,1-2H3,(H,23,25). The van der Waals surface area contributed by atoms with Crippen molar-refractivity contribution in [3.05, 3.63) is 59.7 Å². The molecule has 2 aromatic rings. The van der Waals surface area contributed by atoms with Gasteiger partial charge in [-0.3, -0.25) is 9.59 Å². The normalized spacial score (nSPS) is 16.5. The zero-order chi connectivity index (χ0) is 19.9. The van der Waals surface area contributed by atoms with E-state index in [-0.39, 0.29) is 17.9 Å². The average Bonchev–Trinajstić information content (AvgIpc) is 2.73. The van der Waals surface area contributed by atoms with Gasteiger partial charge in [-0.2, -0.15) is 0 Å². The van der Waals surface area contributed by atoms with Gasteiger partial charge in [0.15, 0.2) is 0 Å². The topological polar surface area (TPSA) is 67.9 Å². The van der Waals surface area contributed by atoms with Gasteiger partial charge in [0.1, 0.15) is 5.75 Å². The molecule has 148 valence electrons. The Kier molecular flexibility index (Phi) is 6.66. The molecule has 3 rings (SSSR count). The van der Waals surface area contributed by atoms with Gasteiger partial charge in [0.2, 0.25) is 5.91 Å². The van der Waals surface area contributed by atoms with E-state index in [0.29, 0.717) is 43.9 Å². The smallest absolute Gasteiger partial charge is 0.254 e. The number of hydrogen-bond acceptors (Lipinski definition) is 4. The van der Waals surface area contributed by atoms with Crippen molar-refractivity contribution in [2.45, 2.75) is 25.8 Å². The molecular formula is C22H26N2O4. The van der Waals surface area contributed by atoms with Crippen LogP contribution >= 0.6 is 0 Å². The van der Waals surface area contributed by atoms with Crippen LogP contribution in [0.4, 0.5) is 5.69 Å². The van der Waals surface area contributed by atoms with Gasteiger partial charge in [-0.05, 0) is 55.3 Å². The third kappa shape index (κ3) is 5.10. The molecule has 1 aliphatic rings. The van der Waals surface area contributed by atoms with Crippen LogP contribution in [0, 0.1) is 0 Å². The third-order valence-corrected chi connectivity index (χ3v) is 4.82. The first kappa shape index (κ1) is 19.9. The zero-order valence-electron chi connectivity index (χ0n) is 16.3. The monoisotopic (exact) mass is 382 g/mol. The highest BCUT2D eigenvalue weighted by Gasteiger charge is 2.24. The Hall–Kier alpha value is -2.86. The Labute approximate surface area is 165 Å². The van der Waals surface area contributed by atoms with Gasteiger partial charge in [0.05, 0.1) is 26.4 Å². The lowest BCUT2D eigenvalue weighted by Crippen LogP contribution is -2.47. The Bertz CT molecular complexity index is 820. The molecule has 28 heavy (non-hydrogen) atoms. The maximum atomic E-state index is 12.6. The fourth-order valence-electron chi connectivity index (χ4n) is 3.20. The van der Waals surface area contributed by atoms with Gasteiger partial charge in [-0.25, -0.2) is 0 Å². The fourth-order valence-corrected chi connectivity index (χ4v) is 3.20. The summed E-state index contributed by atoms with van der Waals surface area (Å²) < 4.78 is 10.6. The van der Waals surface area contributed by atoms with Crippen LogP contribution < -0.4 is 10.1 Å². The van der Waals surface area contributed by atoms with E-state index in [1.807, 2.05) is 36.1 Å². The number of methoxy groups -OCH3 is 1. The van der Waals surface area contributed by atoms with Crippen LogP contribution in [0.25, 0.3) is 0 Å². The molecule has 1 atom stereocenters. The molecule has 1 unspecified atom stereocenters. The van der Waals surface area contributed by atoms with E-state index in [4.69, 9.17) is 9.47 Å². The molecule has 0 radical (unpaired) electrons. The molecule has 2 amide bonds. The van der Waals surface area contributed by atoms with E-state index >= 15 is 0 Å². The Morgan fingerprint density at radius 3 is 2.71 bits per heavy atom. The quantitative estimate of drug-likeness (QED) is 0.834. The summed E-state index contributed by atoms with van der Waals surface area (Å²) in [6.45, 7) is 3.71. The van der Waals surface area contributed by atoms with Gasteiger partial charge in [0.25, 0.3) is 5.91 Å². The number of morpholine rings is 1. The second kappa shape index (κ2) is 9.37. The first-order valence-electron chi connectivity index (χ1n) is 9.48. The molecule has 1 fully saturated rings. The maximum Gasteiger partial charge on any atom is 0.254 e. The van der Waals surface area contributed by atoms with Gasteiger partial charge in [0, 0.05) is 24.2 Å². The lowest BCUT2D eigenvalue weighted by Gasteiger charge is -2.33. The SMILES string of the molecule is COc1cccc(CCC(=O)Nc2ccc(C(=O)N3CCOCC3C)cc2)c1. The molecule has 1 heterocycles. The first-order valence-corrected chi connectivity index (χ1v) is 9.48. The van der Waals surface area contributed by atoms with Gasteiger partial charge in [-0.15, -0.1) is 0 Å². The number of anilines is 1. The molecule has 0 aromatic heterocycles. The molecule has 1 N–H and O–H groups in total. The summed E-state index contributed by atoms with van der Waals surface area (Å²) in [5.74, 6) is 0.711. The van der Waals surface area contributed by atoms with E-state index in [9.17, 15) is 9.59 Å². The first-order chi connectivity index (χ1) is 13.6. The van der Waals surface area contributed by atoms with Crippen LogP contribution in [0.1, 0.15) is 29.3 Å². The van der Waals surface area contributed by atoms with Crippen LogP contribution in [-0.2, 0) is 16.0 Å². The van der Waals surface area contributed by atoms with Crippen molar-refractivity contribution in [2.24, 2.45) is 0 Å². The molecule has 0 bridgehead atoms. The van der Waals surface area contributed by atoms with Crippen LogP contribution in [0.3, 0.4) is 0 Å². The Balaban J connectivity index is 1.53. The van der Waals surface area contributed by atoms with E-state index in [0.717, 1.165) is 11.3 Å². The summed E-state index contributed by atoms with van der Waals surface area (Å²) in [6.07, 6.45) is 1.01. The molecule has 1 saturated heterocycles. The van der Waals surface area contributed by atoms with Crippen molar-refractivity contribution in [1.29, 1.82) is 0 Å². The van der Waals surface area contributed by atoms with Crippen LogP contribution in [0.15, 0.2) is 48.5 Å². The molecule has 6 heteroatoms. The van der Waals surface area contributed by atoms with Crippen LogP contribution in [0.2, 0.25) is 0 Å². The summed E-state index contributed by atoms with van der Waals surface area (Å²) in [5, 5.41) is 2.88. The van der Waals surface area contributed by atoms with Crippen LogP contribution in [-0.4, -0.2) is 49.6 Å². The second-order valence-corrected chi connectivity index (χ2v) is 6.90. The van der Waals surface area contributed by atoms with E-state index in [1.165, 1.54) is 0 Å². The minimum atomic E-state index is -0.0660. The summed E-state index contributed by atoms with van der Waals surface area (Å²) >= 11 is 0. The van der Waals surface area contributed by atoms with Gasteiger partial charge in [-0.1, -0.05) is 12.1 Å². The van der Waals surface area contributed by atoms with E-state index in [2.05, 4.69) is 5.32 Å². The average molecular weight is 382 g/mol. The largest absolute Gasteiger partial charge is 0.497 e. The number of benzene rings is 2. The summed E-state index contributed by atoms with van der Waals surface area (Å²) in [6, 6.07) is 14.8. The number of amides is 2. The predicted octanol–water partition coefficient (Wildman–Crippen LogP) is 3.13. The minimum absolute atomic E-state index is 0.00768. The number of hydrogen-bond donors (Lipinski definition) is 1. The molecule has 6 nitrogen and oxygen atoms in total. The lowest BCUT2D eigenvalue weighted by atomic mass is 10.1. The van der Waals surface area contributed by atoms with Crippen LogP contribution in [0.5, 0.6) is 5.75 Å². The number of aryl methyl sites for hydroxylation is 1. The van der Waals surface area contributed by atoms with Crippen molar-refractivity contribution >= 4 is 17.5 Å². The summed E-state index contributed by atoms with van der Waals surface area (Å²) in [4.78, 5) is 26.7. The number of nitrogens with zero attached hydrogens (tertiary/aromatic N) is 1. The number of rotatable bonds is 6. The van der Waals surface area contributed by atoms with E-state index < -0.39 is 0 Å². The molecule has 2 aromatic carbocycles. The maximum absolute atomic E-state index is 12.6. The molecular weight excluding hydrogens is 356 g/mol. The van der Waals surface area contributed by atoms with Crippen molar-refractivity contribution < 1.29 is 19.1 Å². The Morgan fingerprint density at radius 1 is 1.21 bits per heavy atom. The fraction of sp³-hybridized carbons (Fsp3) is 0.364. The molecule has 0 aliphatic carbocycles. The number of nitrogens with one attached hydrogen (secondary N) is 1. The number of carbonyl (C=O) groups is 2. The highest BCUT2D eigenvalue weighted by atomic mass is 16.5. The van der Waals surface area contributed by atoms with E-state index in [1.54, 1.807) is 31.4 Å². The van der Waals surface area contributed by atoms with Crippen molar-refractivity contribution in [3.8, 4) is 5.75 Å². The third-order valence-electron chi connectivity index (χ3n) is 4.82. The molecule has 0 saturated carbocycles. The summed E-state index contributed by atoms with van der Waals surface area (Å²) in [7, 11) is 1.62. The number of carbonyl (C=O) groups excluding carboxylic acids is 2. The number of ether oxygens (including phenoxy) is 2. The van der Waals surface area contributed by atoms with Crippen molar-refractivity contribution in [1.82, 2.24) is 4.90 Å². The lowest BCUT2D eigenvalue weighted by molar-refractivity contribution is -0.116. The highest BCUT2D eigenvalue weighted by molar-refractivity contribution is 5.96. The zero-order valence-corrected chi connectivity index (χ0v) is 16.3. The summed E-state index contributed by atoms with van der Waals surface area (Å²) in [5.41, 5.74) is 2.35. The Morgan fingerprint density at radius 2 is 2.00 bits per heavy atom. The molecule has 0 spiro atoms. The minimum Gasteiger partial charge on any atom is -0.497 e. The predicted molar refractivity (Wildman–Crippen MR) is 108 cm³/mol. The molecule has 1 aliphatic heterocycles. The highest BCUT2D eigenvalue weighted by Crippen LogP contribution is 2.17. The van der Waals surface area contributed by atoms with Gasteiger partial charge >= 0.3 is 0 Å². The van der Waals surface area contributed by atoms with Gasteiger partial charge < -0.3 is 19.7 Å².